The molecule has 0 saturated carbocycles. The molecule has 0 aliphatic carbocycles. The van der Waals surface area contributed by atoms with E-state index in [2.05, 4.69) is 31.2 Å². The molecular formula is C12H24N4. The molecule has 1 unspecified atom stereocenters. The van der Waals surface area contributed by atoms with Gasteiger partial charge < -0.3 is 11.1 Å². The van der Waals surface area contributed by atoms with Crippen molar-refractivity contribution < 1.29 is 0 Å². The number of aryl methyl sites for hydroxylation is 1. The maximum absolute atomic E-state index is 5.73. The zero-order valence-electron chi connectivity index (χ0n) is 10.8. The molecular weight excluding hydrogens is 200 g/mol. The molecule has 1 heterocycles. The van der Waals surface area contributed by atoms with Crippen LogP contribution in [0.3, 0.4) is 0 Å². The fourth-order valence-electron chi connectivity index (χ4n) is 1.70. The van der Waals surface area contributed by atoms with E-state index in [0.29, 0.717) is 11.8 Å². The lowest BCUT2D eigenvalue weighted by Crippen LogP contribution is -2.31. The van der Waals surface area contributed by atoms with E-state index in [4.69, 9.17) is 5.73 Å². The van der Waals surface area contributed by atoms with Gasteiger partial charge in [-0.1, -0.05) is 13.8 Å². The molecule has 0 bridgehead atoms. The van der Waals surface area contributed by atoms with E-state index in [1.807, 2.05) is 17.9 Å². The predicted octanol–water partition coefficient (Wildman–Crippen LogP) is 1.05. The molecule has 3 N–H and O–H groups in total. The summed E-state index contributed by atoms with van der Waals surface area (Å²) in [5.74, 6) is 1.18. The molecule has 0 aromatic carbocycles. The summed E-state index contributed by atoms with van der Waals surface area (Å²) < 4.78 is 1.90. The molecule has 1 atom stereocenters. The normalized spacial score (nSPS) is 13.4. The van der Waals surface area contributed by atoms with Crippen molar-refractivity contribution in [3.8, 4) is 0 Å². The molecule has 16 heavy (non-hydrogen) atoms. The van der Waals surface area contributed by atoms with Gasteiger partial charge in [-0.15, -0.1) is 0 Å². The number of nitrogens with two attached hydrogens (primary N) is 1. The minimum absolute atomic E-state index is 0.553. The van der Waals surface area contributed by atoms with Crippen LogP contribution in [0.5, 0.6) is 0 Å². The molecule has 4 heteroatoms. The van der Waals surface area contributed by atoms with E-state index in [1.54, 1.807) is 0 Å². The summed E-state index contributed by atoms with van der Waals surface area (Å²) in [5, 5.41) is 7.68. The van der Waals surface area contributed by atoms with Crippen molar-refractivity contribution in [3.05, 3.63) is 17.5 Å². The van der Waals surface area contributed by atoms with Gasteiger partial charge in [0.1, 0.15) is 0 Å². The average Bonchev–Trinajstić information content (AvgIpc) is 2.55. The first kappa shape index (κ1) is 13.2. The molecule has 0 amide bonds. The molecule has 1 rings (SSSR count). The van der Waals surface area contributed by atoms with E-state index >= 15 is 0 Å². The number of rotatable bonds is 6. The standard InChI is InChI=1S/C12H24N4/c1-9(2)11(5-13)6-14-7-12-8-15-16(4)10(12)3/h8-9,11,14H,5-7,13H2,1-4H3. The highest BCUT2D eigenvalue weighted by atomic mass is 15.3. The van der Waals surface area contributed by atoms with Crippen LogP contribution in [-0.4, -0.2) is 22.9 Å². The third kappa shape index (κ3) is 3.32. The van der Waals surface area contributed by atoms with Crippen molar-refractivity contribution in [1.82, 2.24) is 15.1 Å². The molecule has 0 spiro atoms. The van der Waals surface area contributed by atoms with Gasteiger partial charge in [0, 0.05) is 24.8 Å². The minimum Gasteiger partial charge on any atom is -0.330 e. The van der Waals surface area contributed by atoms with Crippen LogP contribution in [0.25, 0.3) is 0 Å². The van der Waals surface area contributed by atoms with Crippen LogP contribution in [0.2, 0.25) is 0 Å². The van der Waals surface area contributed by atoms with Crippen LogP contribution in [-0.2, 0) is 13.6 Å². The van der Waals surface area contributed by atoms with Crippen LogP contribution >= 0.6 is 0 Å². The number of nitrogens with zero attached hydrogens (tertiary/aromatic N) is 2. The van der Waals surface area contributed by atoms with Crippen molar-refractivity contribution in [2.24, 2.45) is 24.6 Å². The fraction of sp³-hybridized carbons (Fsp3) is 0.750. The molecule has 0 saturated heterocycles. The summed E-state index contributed by atoms with van der Waals surface area (Å²) in [4.78, 5) is 0. The number of hydrogen-bond donors (Lipinski definition) is 2. The lowest BCUT2D eigenvalue weighted by Gasteiger charge is -2.19. The summed E-state index contributed by atoms with van der Waals surface area (Å²) in [6.45, 7) is 9.12. The molecule has 4 nitrogen and oxygen atoms in total. The topological polar surface area (TPSA) is 55.9 Å². The monoisotopic (exact) mass is 224 g/mol. The Kier molecular flexibility index (Phi) is 4.96. The Morgan fingerprint density at radius 1 is 1.50 bits per heavy atom. The molecule has 0 radical (unpaired) electrons. The van der Waals surface area contributed by atoms with Gasteiger partial charge in [0.2, 0.25) is 0 Å². The molecule has 0 aliphatic heterocycles. The largest absolute Gasteiger partial charge is 0.330 e. The van der Waals surface area contributed by atoms with Gasteiger partial charge in [0.15, 0.2) is 0 Å². The van der Waals surface area contributed by atoms with Crippen LogP contribution < -0.4 is 11.1 Å². The van der Waals surface area contributed by atoms with Gasteiger partial charge in [0.05, 0.1) is 6.20 Å². The third-order valence-electron chi connectivity index (χ3n) is 3.30. The summed E-state index contributed by atoms with van der Waals surface area (Å²) in [6, 6.07) is 0. The second kappa shape index (κ2) is 6.01. The second-order valence-corrected chi connectivity index (χ2v) is 4.75. The molecule has 92 valence electrons. The van der Waals surface area contributed by atoms with Crippen LogP contribution in [0, 0.1) is 18.8 Å². The predicted molar refractivity (Wildman–Crippen MR) is 67.0 cm³/mol. The fourth-order valence-corrected chi connectivity index (χ4v) is 1.70. The van der Waals surface area contributed by atoms with Crippen LogP contribution in [0.4, 0.5) is 0 Å². The Morgan fingerprint density at radius 2 is 2.19 bits per heavy atom. The Balaban J connectivity index is 2.38. The first-order valence-electron chi connectivity index (χ1n) is 5.94. The van der Waals surface area contributed by atoms with Crippen molar-refractivity contribution in [1.29, 1.82) is 0 Å². The smallest absolute Gasteiger partial charge is 0.0537 e. The molecule has 0 fully saturated rings. The van der Waals surface area contributed by atoms with Crippen LogP contribution in [0.1, 0.15) is 25.1 Å². The van der Waals surface area contributed by atoms with E-state index < -0.39 is 0 Å². The van der Waals surface area contributed by atoms with E-state index in [0.717, 1.165) is 19.6 Å². The van der Waals surface area contributed by atoms with Gasteiger partial charge in [-0.25, -0.2) is 0 Å². The van der Waals surface area contributed by atoms with E-state index in [1.165, 1.54) is 11.3 Å². The van der Waals surface area contributed by atoms with Crippen molar-refractivity contribution in [2.75, 3.05) is 13.1 Å². The van der Waals surface area contributed by atoms with Gasteiger partial charge in [-0.2, -0.15) is 5.10 Å². The average molecular weight is 224 g/mol. The summed E-state index contributed by atoms with van der Waals surface area (Å²) in [6.07, 6.45) is 1.93. The van der Waals surface area contributed by atoms with Gasteiger partial charge in [-0.05, 0) is 31.8 Å². The molecule has 0 aliphatic rings. The Labute approximate surface area is 98.2 Å². The lowest BCUT2D eigenvalue weighted by molar-refractivity contribution is 0.370. The first-order chi connectivity index (χ1) is 7.56. The Bertz CT molecular complexity index is 317. The maximum atomic E-state index is 5.73. The molecule has 1 aromatic rings. The quantitative estimate of drug-likeness (QED) is 0.759. The maximum Gasteiger partial charge on any atom is 0.0537 e. The van der Waals surface area contributed by atoms with Gasteiger partial charge >= 0.3 is 0 Å². The second-order valence-electron chi connectivity index (χ2n) is 4.75. The highest BCUT2D eigenvalue weighted by Gasteiger charge is 2.11. The zero-order valence-corrected chi connectivity index (χ0v) is 10.8. The lowest BCUT2D eigenvalue weighted by atomic mass is 9.96. The number of aromatic nitrogens is 2. The van der Waals surface area contributed by atoms with E-state index in [9.17, 15) is 0 Å². The third-order valence-corrected chi connectivity index (χ3v) is 3.30. The SMILES string of the molecule is Cc1c(CNCC(CN)C(C)C)cnn1C. The highest BCUT2D eigenvalue weighted by Crippen LogP contribution is 2.09. The van der Waals surface area contributed by atoms with Gasteiger partial charge in [0.25, 0.3) is 0 Å². The Hall–Kier alpha value is -0.870. The summed E-state index contributed by atoms with van der Waals surface area (Å²) in [7, 11) is 1.97. The number of nitrogens with one attached hydrogen (secondary N) is 1. The first-order valence-corrected chi connectivity index (χ1v) is 5.94. The molecule has 1 aromatic heterocycles. The Morgan fingerprint density at radius 3 is 2.62 bits per heavy atom. The van der Waals surface area contributed by atoms with Crippen molar-refractivity contribution >= 4 is 0 Å². The summed E-state index contributed by atoms with van der Waals surface area (Å²) in [5.41, 5.74) is 8.22. The summed E-state index contributed by atoms with van der Waals surface area (Å²) >= 11 is 0. The van der Waals surface area contributed by atoms with Crippen molar-refractivity contribution in [3.63, 3.8) is 0 Å². The highest BCUT2D eigenvalue weighted by molar-refractivity contribution is 5.15. The van der Waals surface area contributed by atoms with Crippen molar-refractivity contribution in [2.45, 2.75) is 27.3 Å². The van der Waals surface area contributed by atoms with E-state index in [-0.39, 0.29) is 0 Å². The number of hydrogen-bond acceptors (Lipinski definition) is 3. The van der Waals surface area contributed by atoms with Crippen LogP contribution in [0.15, 0.2) is 6.20 Å². The zero-order chi connectivity index (χ0) is 12.1. The minimum atomic E-state index is 0.553. The van der Waals surface area contributed by atoms with Gasteiger partial charge in [-0.3, -0.25) is 4.68 Å².